The minimum absolute atomic E-state index is 0.188. The van der Waals surface area contributed by atoms with Gasteiger partial charge in [0.2, 0.25) is 0 Å². The number of likely N-dealkylation sites (tertiary alicyclic amines) is 1. The van der Waals surface area contributed by atoms with E-state index in [9.17, 15) is 0 Å². The second kappa shape index (κ2) is 9.43. The maximum atomic E-state index is 6.69. The second-order valence-electron chi connectivity index (χ2n) is 10.00. The average Bonchev–Trinajstić information content (AvgIpc) is 2.88. The zero-order valence-corrected chi connectivity index (χ0v) is 20.7. The van der Waals surface area contributed by atoms with Gasteiger partial charge in [-0.2, -0.15) is 0 Å². The van der Waals surface area contributed by atoms with Crippen molar-refractivity contribution in [3.63, 3.8) is 0 Å². The van der Waals surface area contributed by atoms with Gasteiger partial charge in [-0.05, 0) is 80.7 Å². The maximum Gasteiger partial charge on any atom is 0.150 e. The van der Waals surface area contributed by atoms with Crippen LogP contribution in [0.4, 0.5) is 0 Å². The Bertz CT molecular complexity index is 1250. The van der Waals surface area contributed by atoms with Crippen LogP contribution in [0.15, 0.2) is 60.7 Å². The molecule has 3 aliphatic rings. The molecule has 1 fully saturated rings. The molecule has 0 aliphatic carbocycles. The Balaban J connectivity index is 1.29. The molecule has 3 heterocycles. The number of ether oxygens (including phenoxy) is 3. The molecule has 1 saturated heterocycles. The molecule has 180 valence electrons. The fraction of sp³-hybridized carbons (Fsp3) is 0.355. The summed E-state index contributed by atoms with van der Waals surface area (Å²) in [5.41, 5.74) is 8.19. The number of aryl methyl sites for hydroxylation is 2. The highest BCUT2D eigenvalue weighted by Crippen LogP contribution is 2.51. The van der Waals surface area contributed by atoms with E-state index in [1.807, 2.05) is 0 Å². The van der Waals surface area contributed by atoms with E-state index in [4.69, 9.17) is 14.2 Å². The highest BCUT2D eigenvalue weighted by molar-refractivity contribution is 5.99. The Labute approximate surface area is 208 Å². The molecule has 4 heteroatoms. The van der Waals surface area contributed by atoms with Gasteiger partial charge < -0.3 is 14.2 Å². The van der Waals surface area contributed by atoms with Crippen molar-refractivity contribution >= 4 is 11.1 Å². The predicted molar refractivity (Wildman–Crippen MR) is 140 cm³/mol. The summed E-state index contributed by atoms with van der Waals surface area (Å²) in [6, 6.07) is 21.4. The smallest absolute Gasteiger partial charge is 0.150 e. The molecule has 1 atom stereocenters. The molecule has 0 amide bonds. The van der Waals surface area contributed by atoms with Gasteiger partial charge in [-0.15, -0.1) is 0 Å². The Kier molecular flexibility index (Phi) is 5.99. The molecule has 3 aliphatic heterocycles. The zero-order valence-electron chi connectivity index (χ0n) is 20.7. The monoisotopic (exact) mass is 467 g/mol. The first-order valence-corrected chi connectivity index (χ1v) is 12.9. The summed E-state index contributed by atoms with van der Waals surface area (Å²) < 4.78 is 19.0. The van der Waals surface area contributed by atoms with E-state index < -0.39 is 0 Å². The van der Waals surface area contributed by atoms with Crippen LogP contribution in [0.3, 0.4) is 0 Å². The highest BCUT2D eigenvalue weighted by Gasteiger charge is 2.35. The predicted octanol–water partition coefficient (Wildman–Crippen LogP) is 6.61. The number of piperidine rings is 1. The number of hydrogen-bond donors (Lipinski definition) is 0. The maximum absolute atomic E-state index is 6.69. The molecule has 35 heavy (non-hydrogen) atoms. The van der Waals surface area contributed by atoms with Gasteiger partial charge in [0.25, 0.3) is 0 Å². The van der Waals surface area contributed by atoms with Crippen molar-refractivity contribution in [2.24, 2.45) is 0 Å². The van der Waals surface area contributed by atoms with Crippen LogP contribution >= 0.6 is 0 Å². The van der Waals surface area contributed by atoms with Gasteiger partial charge in [-0.3, -0.25) is 4.90 Å². The van der Waals surface area contributed by atoms with Crippen LogP contribution < -0.4 is 14.2 Å². The van der Waals surface area contributed by atoms with Gasteiger partial charge in [0.1, 0.15) is 30.5 Å². The van der Waals surface area contributed by atoms with Crippen molar-refractivity contribution in [3.05, 3.63) is 88.5 Å². The van der Waals surface area contributed by atoms with Gasteiger partial charge in [0, 0.05) is 28.8 Å². The Morgan fingerprint density at radius 3 is 2.31 bits per heavy atom. The lowest BCUT2D eigenvalue weighted by atomic mass is 9.83. The van der Waals surface area contributed by atoms with Crippen molar-refractivity contribution in [1.29, 1.82) is 0 Å². The summed E-state index contributed by atoms with van der Waals surface area (Å²) in [6.45, 7) is 8.88. The molecule has 0 radical (unpaired) electrons. The first-order chi connectivity index (χ1) is 17.2. The van der Waals surface area contributed by atoms with Crippen molar-refractivity contribution < 1.29 is 14.2 Å². The van der Waals surface area contributed by atoms with E-state index in [-0.39, 0.29) is 6.10 Å². The first kappa shape index (κ1) is 22.2. The summed E-state index contributed by atoms with van der Waals surface area (Å²) in [6.07, 6.45) is 3.79. The van der Waals surface area contributed by atoms with Crippen molar-refractivity contribution in [2.45, 2.75) is 39.2 Å². The fourth-order valence-electron chi connectivity index (χ4n) is 5.50. The number of benzene rings is 3. The Morgan fingerprint density at radius 1 is 0.829 bits per heavy atom. The lowest BCUT2D eigenvalue weighted by Crippen LogP contribution is -2.33. The minimum atomic E-state index is -0.188. The molecule has 4 nitrogen and oxygen atoms in total. The van der Waals surface area contributed by atoms with E-state index >= 15 is 0 Å². The number of fused-ring (bicyclic) bond motifs is 4. The van der Waals surface area contributed by atoms with Gasteiger partial charge in [0.05, 0.1) is 0 Å². The quantitative estimate of drug-likeness (QED) is 0.423. The van der Waals surface area contributed by atoms with Crippen LogP contribution in [-0.2, 0) is 0 Å². The van der Waals surface area contributed by atoms with E-state index in [1.54, 1.807) is 0 Å². The van der Waals surface area contributed by atoms with Crippen molar-refractivity contribution in [1.82, 2.24) is 4.90 Å². The van der Waals surface area contributed by atoms with E-state index in [2.05, 4.69) is 79.4 Å². The lowest BCUT2D eigenvalue weighted by molar-refractivity contribution is 0.183. The molecule has 0 bridgehead atoms. The van der Waals surface area contributed by atoms with Crippen LogP contribution in [0.5, 0.6) is 17.2 Å². The molecule has 0 aromatic heterocycles. The molecular formula is C31H33NO3. The fourth-order valence-corrected chi connectivity index (χ4v) is 5.50. The van der Waals surface area contributed by atoms with Crippen LogP contribution in [0.25, 0.3) is 11.1 Å². The first-order valence-electron chi connectivity index (χ1n) is 12.9. The highest BCUT2D eigenvalue weighted by atomic mass is 16.5. The van der Waals surface area contributed by atoms with Gasteiger partial charge in [0.15, 0.2) is 6.10 Å². The van der Waals surface area contributed by atoms with Crippen molar-refractivity contribution in [3.8, 4) is 17.2 Å². The third-order valence-electron chi connectivity index (χ3n) is 7.40. The molecule has 6 rings (SSSR count). The van der Waals surface area contributed by atoms with Crippen LogP contribution in [0.1, 0.15) is 53.2 Å². The number of hydrogen-bond acceptors (Lipinski definition) is 4. The number of nitrogens with zero attached hydrogens (tertiary/aromatic N) is 1. The minimum Gasteiger partial charge on any atom is -0.492 e. The molecule has 0 unspecified atom stereocenters. The van der Waals surface area contributed by atoms with Gasteiger partial charge in [-0.1, -0.05) is 42.8 Å². The van der Waals surface area contributed by atoms with E-state index in [0.717, 1.165) is 47.1 Å². The third-order valence-corrected chi connectivity index (χ3v) is 7.40. The molecule has 0 spiro atoms. The third kappa shape index (κ3) is 4.43. The SMILES string of the molecule is Cc1ccc2c(c1)O[C@@H](c1ccc(OCCN3CCCCC3)cc1)C1=C2COc2cc(C)ccc21. The molecule has 3 aromatic rings. The lowest BCUT2D eigenvalue weighted by Gasteiger charge is -2.35. The molecule has 3 aromatic carbocycles. The van der Waals surface area contributed by atoms with Gasteiger partial charge >= 0.3 is 0 Å². The Morgan fingerprint density at radius 2 is 1.54 bits per heavy atom. The summed E-state index contributed by atoms with van der Waals surface area (Å²) in [5.74, 6) is 2.77. The second-order valence-corrected chi connectivity index (χ2v) is 10.00. The summed E-state index contributed by atoms with van der Waals surface area (Å²) in [4.78, 5) is 2.51. The molecule has 0 N–H and O–H groups in total. The van der Waals surface area contributed by atoms with Crippen LogP contribution in [0, 0.1) is 13.8 Å². The van der Waals surface area contributed by atoms with E-state index in [1.165, 1.54) is 54.6 Å². The summed E-state index contributed by atoms with van der Waals surface area (Å²) in [7, 11) is 0. The zero-order chi connectivity index (χ0) is 23.8. The molecular weight excluding hydrogens is 434 g/mol. The standard InChI is InChI=1S/C31H33NO3/c1-21-7-13-26-28(18-21)34-20-27-25-12-6-22(2)19-29(25)35-31(30(26)27)23-8-10-24(11-9-23)33-17-16-32-14-4-3-5-15-32/h6-13,18-19,31H,3-5,14-17,20H2,1-2H3/t31-/m0/s1. The topological polar surface area (TPSA) is 30.9 Å². The van der Waals surface area contributed by atoms with Crippen LogP contribution in [0.2, 0.25) is 0 Å². The number of rotatable bonds is 5. The van der Waals surface area contributed by atoms with Crippen molar-refractivity contribution in [2.75, 3.05) is 32.8 Å². The summed E-state index contributed by atoms with van der Waals surface area (Å²) in [5, 5.41) is 0. The normalized spacial score (nSPS) is 19.2. The average molecular weight is 468 g/mol. The van der Waals surface area contributed by atoms with Crippen LogP contribution in [-0.4, -0.2) is 37.7 Å². The summed E-state index contributed by atoms with van der Waals surface area (Å²) >= 11 is 0. The van der Waals surface area contributed by atoms with E-state index in [0.29, 0.717) is 6.61 Å². The largest absolute Gasteiger partial charge is 0.492 e. The van der Waals surface area contributed by atoms with Gasteiger partial charge in [-0.25, -0.2) is 0 Å². The molecule has 0 saturated carbocycles. The Hall–Kier alpha value is -3.24.